The Morgan fingerprint density at radius 1 is 0.703 bits per heavy atom. The topological polar surface area (TPSA) is 60.9 Å². The Morgan fingerprint density at radius 3 is 2.05 bits per heavy atom. The van der Waals surface area contributed by atoms with E-state index in [-0.39, 0.29) is 17.7 Å². The first-order chi connectivity index (χ1) is 18.1. The number of nitrogens with zero attached hydrogens (tertiary/aromatic N) is 3. The van der Waals surface area contributed by atoms with Gasteiger partial charge in [-0.15, -0.1) is 0 Å². The Morgan fingerprint density at radius 2 is 1.32 bits per heavy atom. The third-order valence-corrected chi connectivity index (χ3v) is 7.41. The molecule has 37 heavy (non-hydrogen) atoms. The van der Waals surface area contributed by atoms with Crippen molar-refractivity contribution in [1.29, 1.82) is 0 Å². The highest BCUT2D eigenvalue weighted by Gasteiger charge is 2.33. The first kappa shape index (κ1) is 23.1. The highest BCUT2D eigenvalue weighted by molar-refractivity contribution is 6.25. The second-order valence-electron chi connectivity index (χ2n) is 9.54. The van der Waals surface area contributed by atoms with E-state index in [1.54, 1.807) is 18.2 Å². The molecule has 6 rings (SSSR count). The van der Waals surface area contributed by atoms with Crippen molar-refractivity contribution in [2.24, 2.45) is 0 Å². The van der Waals surface area contributed by atoms with E-state index in [1.807, 2.05) is 59.5 Å². The van der Waals surface area contributed by atoms with Crippen molar-refractivity contribution in [2.75, 3.05) is 39.3 Å². The zero-order valence-corrected chi connectivity index (χ0v) is 20.5. The van der Waals surface area contributed by atoms with Crippen LogP contribution in [0.25, 0.3) is 27.6 Å². The summed E-state index contributed by atoms with van der Waals surface area (Å²) in [5.74, 6) is -0.470. The monoisotopic (exact) mass is 489 g/mol. The Labute approximate surface area is 215 Å². The van der Waals surface area contributed by atoms with Crippen LogP contribution in [0.2, 0.25) is 0 Å². The van der Waals surface area contributed by atoms with Crippen molar-refractivity contribution >= 4 is 45.3 Å². The van der Waals surface area contributed by atoms with Crippen LogP contribution < -0.4 is 0 Å². The van der Waals surface area contributed by atoms with Gasteiger partial charge in [0.2, 0.25) is 5.91 Å². The van der Waals surface area contributed by atoms with Gasteiger partial charge in [-0.3, -0.25) is 24.2 Å². The third kappa shape index (κ3) is 4.30. The number of piperazine rings is 1. The zero-order valence-electron chi connectivity index (χ0n) is 20.5. The number of carbonyl (C=O) groups excluding carboxylic acids is 3. The molecule has 2 heterocycles. The third-order valence-electron chi connectivity index (χ3n) is 7.41. The molecule has 1 saturated heterocycles. The molecule has 4 aromatic rings. The quantitative estimate of drug-likeness (QED) is 0.307. The molecule has 0 spiro atoms. The summed E-state index contributed by atoms with van der Waals surface area (Å²) in [5, 5.41) is 3.93. The predicted octanol–water partition coefficient (Wildman–Crippen LogP) is 4.45. The molecule has 0 N–H and O–H groups in total. The second kappa shape index (κ2) is 9.64. The Hall–Kier alpha value is -4.29. The molecule has 0 radical (unpaired) electrons. The molecular weight excluding hydrogens is 462 g/mol. The Bertz CT molecular complexity index is 1510. The van der Waals surface area contributed by atoms with E-state index in [4.69, 9.17) is 0 Å². The first-order valence-electron chi connectivity index (χ1n) is 12.7. The van der Waals surface area contributed by atoms with Gasteiger partial charge in [-0.05, 0) is 39.9 Å². The minimum Gasteiger partial charge on any atom is -0.337 e. The molecule has 0 unspecified atom stereocenters. The van der Waals surface area contributed by atoms with Crippen molar-refractivity contribution in [3.8, 4) is 0 Å². The summed E-state index contributed by atoms with van der Waals surface area (Å²) in [5.41, 5.74) is 2.19. The number of imide groups is 1. The molecule has 184 valence electrons. The molecule has 6 nitrogen and oxygen atoms in total. The van der Waals surface area contributed by atoms with Gasteiger partial charge in [0.25, 0.3) is 11.8 Å². The van der Waals surface area contributed by atoms with Gasteiger partial charge in [0.1, 0.15) is 0 Å². The van der Waals surface area contributed by atoms with Crippen LogP contribution >= 0.6 is 0 Å². The fraction of sp³-hybridized carbons (Fsp3) is 0.194. The van der Waals surface area contributed by atoms with Crippen molar-refractivity contribution in [2.45, 2.75) is 0 Å². The minimum atomic E-state index is -0.235. The van der Waals surface area contributed by atoms with Gasteiger partial charge in [-0.1, -0.05) is 66.7 Å². The lowest BCUT2D eigenvalue weighted by atomic mass is 9.94. The van der Waals surface area contributed by atoms with E-state index < -0.39 is 0 Å². The molecule has 3 amide bonds. The molecule has 2 aliphatic heterocycles. The maximum atomic E-state index is 13.1. The van der Waals surface area contributed by atoms with Gasteiger partial charge in [0.15, 0.2) is 0 Å². The molecule has 1 fully saturated rings. The Balaban J connectivity index is 1.06. The van der Waals surface area contributed by atoms with Crippen LogP contribution in [0.1, 0.15) is 26.3 Å². The second-order valence-corrected chi connectivity index (χ2v) is 9.54. The number of amides is 3. The summed E-state index contributed by atoms with van der Waals surface area (Å²) in [6, 6.07) is 25.4. The molecule has 2 aliphatic rings. The number of hydrogen-bond acceptors (Lipinski definition) is 4. The highest BCUT2D eigenvalue weighted by atomic mass is 16.2. The van der Waals surface area contributed by atoms with Gasteiger partial charge in [-0.2, -0.15) is 0 Å². The lowest BCUT2D eigenvalue weighted by Gasteiger charge is -2.35. The smallest absolute Gasteiger partial charge is 0.261 e. The lowest BCUT2D eigenvalue weighted by molar-refractivity contribution is -0.127. The maximum Gasteiger partial charge on any atom is 0.261 e. The van der Waals surface area contributed by atoms with E-state index >= 15 is 0 Å². The summed E-state index contributed by atoms with van der Waals surface area (Å²) in [7, 11) is 0. The molecule has 0 saturated carbocycles. The van der Waals surface area contributed by atoms with Crippen molar-refractivity contribution in [3.05, 3.63) is 102 Å². The number of hydrogen-bond donors (Lipinski definition) is 0. The summed E-state index contributed by atoms with van der Waals surface area (Å²) in [6.07, 6.45) is 3.55. The van der Waals surface area contributed by atoms with Crippen molar-refractivity contribution in [1.82, 2.24) is 14.7 Å². The van der Waals surface area contributed by atoms with Crippen LogP contribution in [-0.2, 0) is 4.79 Å². The molecule has 0 aromatic heterocycles. The summed E-state index contributed by atoms with van der Waals surface area (Å²) in [4.78, 5) is 44.5. The number of rotatable bonds is 5. The van der Waals surface area contributed by atoms with Gasteiger partial charge in [0.05, 0.1) is 0 Å². The molecule has 0 atom stereocenters. The first-order valence-corrected chi connectivity index (χ1v) is 12.7. The van der Waals surface area contributed by atoms with Crippen LogP contribution in [0.4, 0.5) is 0 Å². The van der Waals surface area contributed by atoms with E-state index in [1.165, 1.54) is 4.90 Å². The van der Waals surface area contributed by atoms with Crippen molar-refractivity contribution < 1.29 is 14.4 Å². The molecule has 6 heteroatoms. The average Bonchev–Trinajstić information content (AvgIpc) is 2.94. The summed E-state index contributed by atoms with van der Waals surface area (Å²) in [6.45, 7) is 3.55. The van der Waals surface area contributed by atoms with E-state index in [2.05, 4.69) is 23.1 Å². The standard InChI is InChI=1S/C31H27N3O3/c35-28(15-14-23-8-3-7-22-6-1-2-11-25(22)23)33-19-16-32(17-20-33)18-21-34-30(36)26-12-4-9-24-10-5-13-27(29(24)26)31(34)37/h1-15H,16-21H2/b15-14+. The SMILES string of the molecule is O=C(/C=C/c1cccc2ccccc12)N1CCN(CCN2C(=O)c3cccc4cccc(c34)C2=O)CC1. The molecule has 4 aromatic carbocycles. The van der Waals surface area contributed by atoms with E-state index in [9.17, 15) is 14.4 Å². The molecular formula is C31H27N3O3. The fourth-order valence-corrected chi connectivity index (χ4v) is 5.38. The average molecular weight is 490 g/mol. The lowest BCUT2D eigenvalue weighted by Crippen LogP contribution is -2.51. The van der Waals surface area contributed by atoms with Crippen LogP contribution in [0.3, 0.4) is 0 Å². The Kier molecular flexibility index (Phi) is 6.02. The highest BCUT2D eigenvalue weighted by Crippen LogP contribution is 2.30. The zero-order chi connectivity index (χ0) is 25.4. The van der Waals surface area contributed by atoms with Gasteiger partial charge < -0.3 is 4.90 Å². The normalized spacial score (nSPS) is 16.3. The van der Waals surface area contributed by atoms with Gasteiger partial charge in [-0.25, -0.2) is 0 Å². The molecule has 0 bridgehead atoms. The summed E-state index contributed by atoms with van der Waals surface area (Å²) >= 11 is 0. The van der Waals surface area contributed by atoms with Crippen LogP contribution in [0, 0.1) is 0 Å². The fourth-order valence-electron chi connectivity index (χ4n) is 5.38. The van der Waals surface area contributed by atoms with E-state index in [0.29, 0.717) is 50.4 Å². The van der Waals surface area contributed by atoms with Crippen LogP contribution in [0.15, 0.2) is 84.9 Å². The van der Waals surface area contributed by atoms with E-state index in [0.717, 1.165) is 27.1 Å². The van der Waals surface area contributed by atoms with Crippen LogP contribution in [0.5, 0.6) is 0 Å². The predicted molar refractivity (Wildman–Crippen MR) is 145 cm³/mol. The number of fused-ring (bicyclic) bond motifs is 1. The molecule has 0 aliphatic carbocycles. The minimum absolute atomic E-state index is 0.00123. The number of carbonyl (C=O) groups is 3. The van der Waals surface area contributed by atoms with Gasteiger partial charge >= 0.3 is 0 Å². The van der Waals surface area contributed by atoms with Gasteiger partial charge in [0, 0.05) is 61.9 Å². The number of benzene rings is 4. The maximum absolute atomic E-state index is 13.1. The largest absolute Gasteiger partial charge is 0.337 e. The van der Waals surface area contributed by atoms with Crippen molar-refractivity contribution in [3.63, 3.8) is 0 Å². The van der Waals surface area contributed by atoms with Crippen LogP contribution in [-0.4, -0.2) is 71.7 Å². The summed E-state index contributed by atoms with van der Waals surface area (Å²) < 4.78 is 0.